The molecule has 1 atom stereocenters. The van der Waals surface area contributed by atoms with Crippen molar-refractivity contribution < 1.29 is 9.59 Å². The Balaban J connectivity index is 1.49. The number of hydrogen-bond acceptors (Lipinski definition) is 5. The molecule has 0 aliphatic carbocycles. The fourth-order valence-electron chi connectivity index (χ4n) is 4.03. The fourth-order valence-corrected chi connectivity index (χ4v) is 4.16. The number of carbonyl (C=O) groups is 2. The molecule has 1 unspecified atom stereocenters. The second kappa shape index (κ2) is 7.55. The van der Waals surface area contributed by atoms with Gasteiger partial charge in [-0.15, -0.1) is 0 Å². The number of nitrogens with one attached hydrogen (secondary N) is 3. The summed E-state index contributed by atoms with van der Waals surface area (Å²) in [6.07, 6.45) is 0.693. The average Bonchev–Trinajstić information content (AvgIpc) is 3.18. The van der Waals surface area contributed by atoms with Gasteiger partial charge in [-0.25, -0.2) is 0 Å². The molecule has 0 bridgehead atoms. The zero-order chi connectivity index (χ0) is 21.5. The summed E-state index contributed by atoms with van der Waals surface area (Å²) in [5, 5.41) is 5.93. The van der Waals surface area contributed by atoms with Gasteiger partial charge < -0.3 is 15.5 Å². The van der Waals surface area contributed by atoms with Gasteiger partial charge in [0.1, 0.15) is 5.82 Å². The van der Waals surface area contributed by atoms with E-state index in [1.165, 1.54) is 0 Å². The van der Waals surface area contributed by atoms with Crippen molar-refractivity contribution in [3.63, 3.8) is 0 Å². The van der Waals surface area contributed by atoms with Crippen LogP contribution in [0, 0.1) is 0 Å². The lowest BCUT2D eigenvalue weighted by Gasteiger charge is -2.25. The van der Waals surface area contributed by atoms with Crippen molar-refractivity contribution in [3.8, 4) is 0 Å². The van der Waals surface area contributed by atoms with E-state index >= 15 is 0 Å². The molecule has 1 aromatic heterocycles. The van der Waals surface area contributed by atoms with Crippen LogP contribution in [0.3, 0.4) is 0 Å². The van der Waals surface area contributed by atoms with Gasteiger partial charge in [-0.1, -0.05) is 29.8 Å². The zero-order valence-corrected chi connectivity index (χ0v) is 17.1. The van der Waals surface area contributed by atoms with E-state index in [0.29, 0.717) is 23.2 Å². The van der Waals surface area contributed by atoms with Crippen LogP contribution >= 0.6 is 11.6 Å². The van der Waals surface area contributed by atoms with E-state index in [4.69, 9.17) is 11.6 Å². The number of hydrogen-bond donors (Lipinski definition) is 3. The molecule has 2 aromatic carbocycles. The van der Waals surface area contributed by atoms with Crippen LogP contribution in [0.2, 0.25) is 5.02 Å². The minimum Gasteiger partial charge on any atom is -0.326 e. The molecule has 2 aliphatic heterocycles. The van der Waals surface area contributed by atoms with Crippen LogP contribution < -0.4 is 21.1 Å². The van der Waals surface area contributed by atoms with E-state index in [1.807, 2.05) is 29.2 Å². The number of H-pyrrole nitrogens is 1. The Labute approximate surface area is 182 Å². The topological polar surface area (TPSA) is 107 Å². The minimum atomic E-state index is -0.949. The summed E-state index contributed by atoms with van der Waals surface area (Å²) in [5.41, 5.74) is 2.36. The smallest absolute Gasteiger partial charge is 0.258 e. The predicted octanol–water partition coefficient (Wildman–Crippen LogP) is 3.18. The van der Waals surface area contributed by atoms with Crippen LogP contribution in [0.15, 0.2) is 53.3 Å². The first kappa shape index (κ1) is 19.3. The first-order chi connectivity index (χ1) is 15.0. The second-order valence-electron chi connectivity index (χ2n) is 7.48. The number of halogens is 1. The van der Waals surface area contributed by atoms with Crippen LogP contribution in [-0.4, -0.2) is 28.3 Å². The lowest BCUT2D eigenvalue weighted by atomic mass is 9.92. The third-order valence-corrected chi connectivity index (χ3v) is 5.76. The summed E-state index contributed by atoms with van der Waals surface area (Å²) >= 11 is 5.88. The molecule has 5 rings (SSSR count). The van der Waals surface area contributed by atoms with Crippen LogP contribution in [0.5, 0.6) is 0 Å². The predicted molar refractivity (Wildman–Crippen MR) is 118 cm³/mol. The summed E-state index contributed by atoms with van der Waals surface area (Å²) < 4.78 is 0. The number of rotatable bonds is 3. The Kier molecular flexibility index (Phi) is 4.71. The maximum Gasteiger partial charge on any atom is 0.258 e. The maximum atomic E-state index is 13.0. The van der Waals surface area contributed by atoms with Crippen molar-refractivity contribution in [2.24, 2.45) is 0 Å². The van der Waals surface area contributed by atoms with Gasteiger partial charge in [0.05, 0.1) is 11.5 Å². The van der Waals surface area contributed by atoms with Crippen LogP contribution in [0.1, 0.15) is 23.5 Å². The number of anilines is 4. The molecule has 0 saturated carbocycles. The number of benzene rings is 2. The van der Waals surface area contributed by atoms with Gasteiger partial charge in [0.2, 0.25) is 17.8 Å². The quantitative estimate of drug-likeness (QED) is 0.585. The summed E-state index contributed by atoms with van der Waals surface area (Å²) in [4.78, 5) is 47.4. The monoisotopic (exact) mass is 435 g/mol. The molecule has 0 saturated heterocycles. The molecule has 2 amide bonds. The van der Waals surface area contributed by atoms with E-state index < -0.39 is 17.4 Å². The average molecular weight is 436 g/mol. The molecule has 9 heteroatoms. The van der Waals surface area contributed by atoms with Gasteiger partial charge in [0, 0.05) is 29.4 Å². The largest absolute Gasteiger partial charge is 0.326 e. The summed E-state index contributed by atoms with van der Waals surface area (Å²) in [5.74, 6) is -1.31. The first-order valence-electron chi connectivity index (χ1n) is 9.85. The highest BCUT2D eigenvalue weighted by atomic mass is 35.5. The highest BCUT2D eigenvalue weighted by Gasteiger charge is 2.35. The first-order valence-corrected chi connectivity index (χ1v) is 10.2. The fraction of sp³-hybridized carbons (Fsp3) is 0.182. The number of amides is 2. The van der Waals surface area contributed by atoms with Crippen LogP contribution in [0.25, 0.3) is 0 Å². The number of carbonyl (C=O) groups excluding carboxylic acids is 2. The van der Waals surface area contributed by atoms with Gasteiger partial charge in [0.25, 0.3) is 5.56 Å². The normalized spacial score (nSPS) is 17.0. The third kappa shape index (κ3) is 3.55. The Morgan fingerprint density at radius 3 is 2.71 bits per heavy atom. The second-order valence-corrected chi connectivity index (χ2v) is 7.92. The SMILES string of the molecule is O=C1CC(C(=O)Nc2ccc(Cl)cc2)c2c(nc(N3CCc4ccccc43)[nH]c2=O)N1. The number of aromatic amines is 1. The van der Waals surface area contributed by atoms with E-state index in [0.717, 1.165) is 17.7 Å². The Bertz CT molecular complexity index is 1250. The van der Waals surface area contributed by atoms with Crippen molar-refractivity contribution >= 4 is 46.6 Å². The van der Waals surface area contributed by atoms with E-state index in [2.05, 4.69) is 20.6 Å². The molecule has 31 heavy (non-hydrogen) atoms. The van der Waals surface area contributed by atoms with Crippen molar-refractivity contribution in [1.29, 1.82) is 0 Å². The van der Waals surface area contributed by atoms with Gasteiger partial charge in [-0.2, -0.15) is 4.98 Å². The maximum absolute atomic E-state index is 13.0. The van der Waals surface area contributed by atoms with Gasteiger partial charge in [0.15, 0.2) is 0 Å². The summed E-state index contributed by atoms with van der Waals surface area (Å²) in [7, 11) is 0. The molecular formula is C22H18ClN5O3. The molecule has 0 spiro atoms. The third-order valence-electron chi connectivity index (χ3n) is 5.51. The minimum absolute atomic E-state index is 0.121. The van der Waals surface area contributed by atoms with Crippen LogP contribution in [0.4, 0.5) is 23.1 Å². The van der Waals surface area contributed by atoms with Crippen LogP contribution in [-0.2, 0) is 16.0 Å². The van der Waals surface area contributed by atoms with Gasteiger partial charge >= 0.3 is 0 Å². The van der Waals surface area contributed by atoms with E-state index in [-0.39, 0.29) is 23.7 Å². The molecule has 8 nitrogen and oxygen atoms in total. The zero-order valence-electron chi connectivity index (χ0n) is 16.3. The molecule has 0 fully saturated rings. The molecule has 3 aromatic rings. The molecule has 156 valence electrons. The van der Waals surface area contributed by atoms with E-state index in [9.17, 15) is 14.4 Å². The Hall–Kier alpha value is -3.65. The van der Waals surface area contributed by atoms with Crippen molar-refractivity contribution in [2.45, 2.75) is 18.8 Å². The van der Waals surface area contributed by atoms with E-state index in [1.54, 1.807) is 24.3 Å². The molecule has 3 heterocycles. The number of nitrogens with zero attached hydrogens (tertiary/aromatic N) is 2. The number of fused-ring (bicyclic) bond motifs is 2. The van der Waals surface area contributed by atoms with Crippen molar-refractivity contribution in [1.82, 2.24) is 9.97 Å². The Morgan fingerprint density at radius 2 is 1.90 bits per heavy atom. The number of para-hydroxylation sites is 1. The standard InChI is InChI=1S/C22H18ClN5O3/c23-13-5-7-14(8-6-13)24-20(30)15-11-17(29)25-19-18(15)21(31)27-22(26-19)28-10-9-12-3-1-2-4-16(12)28/h1-8,15H,9-11H2,(H,24,30)(H2,25,26,27,29,31). The molecule has 0 radical (unpaired) electrons. The lowest BCUT2D eigenvalue weighted by Crippen LogP contribution is -2.37. The Morgan fingerprint density at radius 1 is 1.13 bits per heavy atom. The molecular weight excluding hydrogens is 418 g/mol. The highest BCUT2D eigenvalue weighted by Crippen LogP contribution is 2.35. The van der Waals surface area contributed by atoms with Gasteiger partial charge in [-0.3, -0.25) is 19.4 Å². The molecule has 2 aliphatic rings. The lowest BCUT2D eigenvalue weighted by molar-refractivity contribution is -0.123. The van der Waals surface area contributed by atoms with Gasteiger partial charge in [-0.05, 0) is 42.3 Å². The number of aromatic nitrogens is 2. The van der Waals surface area contributed by atoms with Crippen molar-refractivity contribution in [2.75, 3.05) is 22.1 Å². The highest BCUT2D eigenvalue weighted by molar-refractivity contribution is 6.30. The summed E-state index contributed by atoms with van der Waals surface area (Å²) in [6.45, 7) is 0.662. The van der Waals surface area contributed by atoms with Crippen molar-refractivity contribution in [3.05, 3.63) is 75.0 Å². The molecule has 3 N–H and O–H groups in total. The summed E-state index contributed by atoms with van der Waals surface area (Å²) in [6, 6.07) is 14.5.